The summed E-state index contributed by atoms with van der Waals surface area (Å²) in [6.07, 6.45) is 5.72. The van der Waals surface area contributed by atoms with E-state index in [4.69, 9.17) is 4.74 Å². The molecule has 3 aromatic rings. The van der Waals surface area contributed by atoms with E-state index in [1.165, 1.54) is 6.08 Å². The van der Waals surface area contributed by atoms with E-state index < -0.39 is 0 Å². The third-order valence-electron chi connectivity index (χ3n) is 4.17. The van der Waals surface area contributed by atoms with Crippen LogP contribution in [0.4, 0.5) is 0 Å². The lowest BCUT2D eigenvalue weighted by molar-refractivity contribution is -0.133. The molecule has 0 fully saturated rings. The zero-order chi connectivity index (χ0) is 18.9. The molecule has 0 atom stereocenters. The van der Waals surface area contributed by atoms with Gasteiger partial charge in [0.05, 0.1) is 0 Å². The fourth-order valence-corrected chi connectivity index (χ4v) is 2.73. The van der Waals surface area contributed by atoms with Crippen LogP contribution < -0.4 is 0 Å². The SMILES string of the molecule is Cc1ccccc1C=C(Cc1ccccc1)OC(=O)C=Cc1ccccc1. The van der Waals surface area contributed by atoms with Gasteiger partial charge in [0.2, 0.25) is 0 Å². The number of allylic oxidation sites excluding steroid dienone is 1. The van der Waals surface area contributed by atoms with Gasteiger partial charge in [0, 0.05) is 12.5 Å². The summed E-state index contributed by atoms with van der Waals surface area (Å²) in [6.45, 7) is 2.04. The first-order valence-electron chi connectivity index (χ1n) is 8.96. The van der Waals surface area contributed by atoms with Crippen molar-refractivity contribution in [2.45, 2.75) is 13.3 Å². The number of hydrogen-bond acceptors (Lipinski definition) is 2. The summed E-state index contributed by atoms with van der Waals surface area (Å²) in [5.74, 6) is 0.243. The first-order valence-corrected chi connectivity index (χ1v) is 8.96. The molecule has 0 radical (unpaired) electrons. The maximum atomic E-state index is 12.3. The van der Waals surface area contributed by atoms with Crippen LogP contribution in [0.5, 0.6) is 0 Å². The maximum absolute atomic E-state index is 12.3. The van der Waals surface area contributed by atoms with Gasteiger partial charge in [-0.05, 0) is 41.3 Å². The van der Waals surface area contributed by atoms with Gasteiger partial charge in [-0.15, -0.1) is 0 Å². The summed E-state index contributed by atoms with van der Waals surface area (Å²) < 4.78 is 5.67. The standard InChI is InChI=1S/C25H22O2/c1-20-10-8-9-15-23(20)19-24(18-22-13-6-3-7-14-22)27-25(26)17-16-21-11-4-2-5-12-21/h2-17,19H,18H2,1H3. The molecule has 2 heteroatoms. The Labute approximate surface area is 160 Å². The minimum atomic E-state index is -0.380. The van der Waals surface area contributed by atoms with Crippen LogP contribution in [0.3, 0.4) is 0 Å². The summed E-state index contributed by atoms with van der Waals surface area (Å²) >= 11 is 0. The molecule has 0 heterocycles. The second-order valence-corrected chi connectivity index (χ2v) is 6.29. The fraction of sp³-hybridized carbons (Fsp3) is 0.0800. The fourth-order valence-electron chi connectivity index (χ4n) is 2.73. The lowest BCUT2D eigenvalue weighted by Gasteiger charge is -2.09. The quantitative estimate of drug-likeness (QED) is 0.316. The Hall–Kier alpha value is -3.39. The van der Waals surface area contributed by atoms with Crippen LogP contribution in [0.1, 0.15) is 22.3 Å². The first-order chi connectivity index (χ1) is 13.2. The number of esters is 1. The zero-order valence-electron chi connectivity index (χ0n) is 15.3. The molecule has 0 aliphatic carbocycles. The predicted molar refractivity (Wildman–Crippen MR) is 111 cm³/mol. The summed E-state index contributed by atoms with van der Waals surface area (Å²) in [6, 6.07) is 27.7. The molecule has 0 amide bonds. The average molecular weight is 354 g/mol. The Morgan fingerprint density at radius 2 is 1.48 bits per heavy atom. The predicted octanol–water partition coefficient (Wildman–Crippen LogP) is 5.84. The number of ether oxygens (including phenoxy) is 1. The van der Waals surface area contributed by atoms with E-state index in [1.807, 2.05) is 97.9 Å². The molecular formula is C25H22O2. The van der Waals surface area contributed by atoms with Gasteiger partial charge in [-0.25, -0.2) is 4.79 Å². The molecule has 0 aromatic heterocycles. The van der Waals surface area contributed by atoms with Crippen LogP contribution in [0, 0.1) is 6.92 Å². The average Bonchev–Trinajstić information content (AvgIpc) is 2.70. The minimum absolute atomic E-state index is 0.380. The van der Waals surface area contributed by atoms with E-state index in [1.54, 1.807) is 6.08 Å². The number of carbonyl (C=O) groups is 1. The summed E-state index contributed by atoms with van der Waals surface area (Å²) in [5, 5.41) is 0. The number of hydrogen-bond donors (Lipinski definition) is 0. The van der Waals surface area contributed by atoms with Crippen molar-refractivity contribution in [1.82, 2.24) is 0 Å². The first kappa shape index (κ1) is 18.4. The molecule has 3 aromatic carbocycles. The highest BCUT2D eigenvalue weighted by molar-refractivity contribution is 5.88. The van der Waals surface area contributed by atoms with Gasteiger partial charge in [0.1, 0.15) is 5.76 Å². The van der Waals surface area contributed by atoms with Crippen molar-refractivity contribution in [2.24, 2.45) is 0 Å². The molecule has 3 rings (SSSR count). The molecule has 0 unspecified atom stereocenters. The van der Waals surface area contributed by atoms with Gasteiger partial charge in [-0.1, -0.05) is 84.9 Å². The Morgan fingerprint density at radius 3 is 2.19 bits per heavy atom. The smallest absolute Gasteiger partial charge is 0.335 e. The number of carbonyl (C=O) groups excluding carboxylic acids is 1. The van der Waals surface area contributed by atoms with Crippen LogP contribution in [0.15, 0.2) is 96.8 Å². The van der Waals surface area contributed by atoms with Gasteiger partial charge in [0.25, 0.3) is 0 Å². The summed E-state index contributed by atoms with van der Waals surface area (Å²) in [7, 11) is 0. The monoisotopic (exact) mass is 354 g/mol. The number of aryl methyl sites for hydroxylation is 1. The van der Waals surface area contributed by atoms with Crippen LogP contribution >= 0.6 is 0 Å². The molecule has 0 aliphatic heterocycles. The van der Waals surface area contributed by atoms with Gasteiger partial charge < -0.3 is 4.74 Å². The second-order valence-electron chi connectivity index (χ2n) is 6.29. The van der Waals surface area contributed by atoms with Crippen LogP contribution in [0.25, 0.3) is 12.2 Å². The van der Waals surface area contributed by atoms with Crippen molar-refractivity contribution in [3.05, 3.63) is 119 Å². The summed E-state index contributed by atoms with van der Waals surface area (Å²) in [5.41, 5.74) is 4.24. The summed E-state index contributed by atoms with van der Waals surface area (Å²) in [4.78, 5) is 12.3. The lowest BCUT2D eigenvalue weighted by Crippen LogP contribution is -2.03. The second kappa shape index (κ2) is 9.35. The van der Waals surface area contributed by atoms with Gasteiger partial charge in [-0.2, -0.15) is 0 Å². The lowest BCUT2D eigenvalue weighted by atomic mass is 10.1. The van der Waals surface area contributed by atoms with Crippen LogP contribution in [-0.4, -0.2) is 5.97 Å². The van der Waals surface area contributed by atoms with Crippen molar-refractivity contribution in [3.63, 3.8) is 0 Å². The van der Waals surface area contributed by atoms with E-state index in [2.05, 4.69) is 0 Å². The Bertz CT molecular complexity index is 938. The Balaban J connectivity index is 1.80. The van der Waals surface area contributed by atoms with E-state index in [0.29, 0.717) is 12.2 Å². The van der Waals surface area contributed by atoms with Crippen molar-refractivity contribution in [2.75, 3.05) is 0 Å². The minimum Gasteiger partial charge on any atom is -0.428 e. The van der Waals surface area contributed by atoms with Gasteiger partial charge in [-0.3, -0.25) is 0 Å². The highest BCUT2D eigenvalue weighted by Crippen LogP contribution is 2.17. The van der Waals surface area contributed by atoms with Crippen molar-refractivity contribution >= 4 is 18.1 Å². The molecule has 0 saturated heterocycles. The molecule has 0 saturated carbocycles. The van der Waals surface area contributed by atoms with E-state index in [-0.39, 0.29) is 5.97 Å². The van der Waals surface area contributed by atoms with E-state index in [9.17, 15) is 4.79 Å². The molecule has 0 aliphatic rings. The Kier molecular flexibility index (Phi) is 6.37. The van der Waals surface area contributed by atoms with Crippen molar-refractivity contribution in [3.8, 4) is 0 Å². The molecule has 134 valence electrons. The van der Waals surface area contributed by atoms with E-state index in [0.717, 1.165) is 22.3 Å². The highest BCUT2D eigenvalue weighted by atomic mass is 16.5. The highest BCUT2D eigenvalue weighted by Gasteiger charge is 2.07. The van der Waals surface area contributed by atoms with Crippen LogP contribution in [-0.2, 0) is 16.0 Å². The van der Waals surface area contributed by atoms with Crippen molar-refractivity contribution in [1.29, 1.82) is 0 Å². The third-order valence-corrected chi connectivity index (χ3v) is 4.17. The normalized spacial score (nSPS) is 11.5. The van der Waals surface area contributed by atoms with Crippen molar-refractivity contribution < 1.29 is 9.53 Å². The van der Waals surface area contributed by atoms with Gasteiger partial charge in [0.15, 0.2) is 0 Å². The molecule has 0 bridgehead atoms. The van der Waals surface area contributed by atoms with Crippen LogP contribution in [0.2, 0.25) is 0 Å². The largest absolute Gasteiger partial charge is 0.428 e. The molecule has 0 N–H and O–H groups in total. The Morgan fingerprint density at radius 1 is 0.852 bits per heavy atom. The number of benzene rings is 3. The van der Waals surface area contributed by atoms with Gasteiger partial charge >= 0.3 is 5.97 Å². The molecule has 27 heavy (non-hydrogen) atoms. The topological polar surface area (TPSA) is 26.3 Å². The molecule has 2 nitrogen and oxygen atoms in total. The zero-order valence-corrected chi connectivity index (χ0v) is 15.3. The third kappa shape index (κ3) is 5.82. The maximum Gasteiger partial charge on any atom is 0.335 e. The number of rotatable bonds is 6. The van der Waals surface area contributed by atoms with E-state index >= 15 is 0 Å². The molecule has 0 spiro atoms. The molecular weight excluding hydrogens is 332 g/mol.